The van der Waals surface area contributed by atoms with E-state index < -0.39 is 11.1 Å². The fraction of sp³-hybridized carbons (Fsp3) is 0.182. The van der Waals surface area contributed by atoms with Crippen molar-refractivity contribution in [2.24, 2.45) is 0 Å². The minimum atomic E-state index is -0.490. The summed E-state index contributed by atoms with van der Waals surface area (Å²) in [5, 5.41) is 19.7. The molecule has 0 aliphatic carbocycles. The molecule has 2 aromatic carbocycles. The summed E-state index contributed by atoms with van der Waals surface area (Å²) in [6.45, 7) is 4.33. The Bertz CT molecular complexity index is 1190. The number of benzene rings is 2. The molecule has 8 nitrogen and oxygen atoms in total. The van der Waals surface area contributed by atoms with E-state index >= 15 is 0 Å². The van der Waals surface area contributed by atoms with Crippen molar-refractivity contribution in [3.05, 3.63) is 78.9 Å². The molecule has 0 saturated carbocycles. The molecule has 3 aromatic rings. The third-order valence-corrected chi connectivity index (χ3v) is 4.18. The molecule has 4 N–H and O–H groups in total. The zero-order valence-corrected chi connectivity index (χ0v) is 16.6. The molecule has 0 aliphatic heterocycles. The van der Waals surface area contributed by atoms with Crippen LogP contribution in [0, 0.1) is 0 Å². The topological polar surface area (TPSA) is 125 Å². The van der Waals surface area contributed by atoms with Crippen LogP contribution in [0.4, 0.5) is 0 Å². The number of aromatic nitrogens is 2. The van der Waals surface area contributed by atoms with Crippen molar-refractivity contribution in [1.82, 2.24) is 9.97 Å². The molecule has 0 amide bonds. The van der Waals surface area contributed by atoms with Crippen molar-refractivity contribution in [3.63, 3.8) is 0 Å². The summed E-state index contributed by atoms with van der Waals surface area (Å²) < 4.78 is 10.7. The number of phenols is 2. The SMILES string of the molecule is CCOc1cc(/C=c2\[nH]c(=O)/c(=C/c3ccc(O)c(OCC)c3)[nH]c2=O)ccc1O. The van der Waals surface area contributed by atoms with Crippen molar-refractivity contribution >= 4 is 12.2 Å². The van der Waals surface area contributed by atoms with E-state index in [4.69, 9.17) is 9.47 Å². The summed E-state index contributed by atoms with van der Waals surface area (Å²) in [5.74, 6) is 0.545. The maximum atomic E-state index is 12.5. The number of hydrogen-bond donors (Lipinski definition) is 4. The lowest BCUT2D eigenvalue weighted by Gasteiger charge is -2.06. The fourth-order valence-corrected chi connectivity index (χ4v) is 2.81. The number of ether oxygens (including phenoxy) is 2. The smallest absolute Gasteiger partial charge is 0.272 e. The maximum Gasteiger partial charge on any atom is 0.272 e. The zero-order chi connectivity index (χ0) is 21.7. The summed E-state index contributed by atoms with van der Waals surface area (Å²) in [7, 11) is 0. The van der Waals surface area contributed by atoms with Crippen molar-refractivity contribution in [1.29, 1.82) is 0 Å². The quantitative estimate of drug-likeness (QED) is 0.479. The molecule has 1 heterocycles. The van der Waals surface area contributed by atoms with Gasteiger partial charge in [0, 0.05) is 0 Å². The first-order chi connectivity index (χ1) is 14.4. The van der Waals surface area contributed by atoms with Gasteiger partial charge in [0.15, 0.2) is 23.0 Å². The molecule has 0 fully saturated rings. The monoisotopic (exact) mass is 410 g/mol. The number of aromatic amines is 2. The van der Waals surface area contributed by atoms with Gasteiger partial charge in [-0.2, -0.15) is 0 Å². The van der Waals surface area contributed by atoms with Gasteiger partial charge in [0.2, 0.25) is 0 Å². The Morgan fingerprint density at radius 1 is 0.767 bits per heavy atom. The second-order valence-corrected chi connectivity index (χ2v) is 6.34. The minimum Gasteiger partial charge on any atom is -0.504 e. The first-order valence-corrected chi connectivity index (χ1v) is 9.39. The highest BCUT2D eigenvalue weighted by Gasteiger charge is 2.05. The summed E-state index contributed by atoms with van der Waals surface area (Å²) in [6, 6.07) is 9.24. The van der Waals surface area contributed by atoms with E-state index in [-0.39, 0.29) is 33.7 Å². The van der Waals surface area contributed by atoms with Gasteiger partial charge in [-0.3, -0.25) is 9.59 Å². The van der Waals surface area contributed by atoms with Gasteiger partial charge in [0.1, 0.15) is 10.7 Å². The molecule has 0 aliphatic rings. The number of rotatable bonds is 6. The molecule has 0 atom stereocenters. The molecular weight excluding hydrogens is 388 g/mol. The fourth-order valence-electron chi connectivity index (χ4n) is 2.81. The Kier molecular flexibility index (Phi) is 6.26. The number of phenolic OH excluding ortho intramolecular Hbond substituents is 2. The molecule has 0 radical (unpaired) electrons. The molecule has 0 saturated heterocycles. The van der Waals surface area contributed by atoms with Gasteiger partial charge in [0.05, 0.1) is 13.2 Å². The minimum absolute atomic E-state index is 0.0123. The molecule has 1 aromatic heterocycles. The molecule has 156 valence electrons. The van der Waals surface area contributed by atoms with Gasteiger partial charge in [-0.25, -0.2) is 0 Å². The van der Waals surface area contributed by atoms with Gasteiger partial charge >= 0.3 is 0 Å². The van der Waals surface area contributed by atoms with Gasteiger partial charge in [0.25, 0.3) is 11.1 Å². The van der Waals surface area contributed by atoms with E-state index in [1.807, 2.05) is 0 Å². The van der Waals surface area contributed by atoms with Crippen molar-refractivity contribution < 1.29 is 19.7 Å². The molecular formula is C22H22N2O6. The lowest BCUT2D eigenvalue weighted by Crippen LogP contribution is -2.46. The summed E-state index contributed by atoms with van der Waals surface area (Å²) in [4.78, 5) is 30.1. The second kappa shape index (κ2) is 9.04. The van der Waals surface area contributed by atoms with Crippen LogP contribution < -0.4 is 31.3 Å². The predicted octanol–water partition coefficient (Wildman–Crippen LogP) is 0.929. The third-order valence-electron chi connectivity index (χ3n) is 4.18. The van der Waals surface area contributed by atoms with Crippen LogP contribution in [0.25, 0.3) is 12.2 Å². The number of hydrogen-bond acceptors (Lipinski definition) is 6. The Morgan fingerprint density at radius 3 is 1.53 bits per heavy atom. The Balaban J connectivity index is 2.05. The predicted molar refractivity (Wildman–Crippen MR) is 113 cm³/mol. The van der Waals surface area contributed by atoms with Crippen LogP contribution in [0.1, 0.15) is 25.0 Å². The normalized spacial score (nSPS) is 12.2. The maximum absolute atomic E-state index is 12.5. The molecule has 8 heteroatoms. The number of H-pyrrole nitrogens is 2. The molecule has 0 unspecified atom stereocenters. The third kappa shape index (κ3) is 4.72. The average Bonchev–Trinajstić information content (AvgIpc) is 2.71. The van der Waals surface area contributed by atoms with Crippen LogP contribution >= 0.6 is 0 Å². The standard InChI is InChI=1S/C22H22N2O6/c1-3-29-19-11-13(5-7-17(19)25)9-15-21(27)24-16(22(28)23-15)10-14-6-8-18(26)20(12-14)30-4-2/h5-12,25-26H,3-4H2,1-2H3,(H,23,28)(H,24,27)/b15-9-,16-10-. The first kappa shape index (κ1) is 20.8. The Morgan fingerprint density at radius 2 is 1.17 bits per heavy atom. The van der Waals surface area contributed by atoms with Gasteiger partial charge in [-0.15, -0.1) is 0 Å². The van der Waals surface area contributed by atoms with E-state index in [0.717, 1.165) is 0 Å². The van der Waals surface area contributed by atoms with E-state index in [2.05, 4.69) is 9.97 Å². The van der Waals surface area contributed by atoms with Crippen LogP contribution in [0.3, 0.4) is 0 Å². The zero-order valence-electron chi connectivity index (χ0n) is 16.6. The molecule has 0 bridgehead atoms. The van der Waals surface area contributed by atoms with E-state index in [1.54, 1.807) is 38.1 Å². The number of aromatic hydroxyl groups is 2. The number of nitrogens with one attached hydrogen (secondary N) is 2. The summed E-state index contributed by atoms with van der Waals surface area (Å²) >= 11 is 0. The lowest BCUT2D eigenvalue weighted by atomic mass is 10.2. The molecule has 3 rings (SSSR count). The first-order valence-electron chi connectivity index (χ1n) is 9.39. The highest BCUT2D eigenvalue weighted by atomic mass is 16.5. The van der Waals surface area contributed by atoms with Crippen molar-refractivity contribution in [3.8, 4) is 23.0 Å². The highest BCUT2D eigenvalue weighted by Crippen LogP contribution is 2.27. The van der Waals surface area contributed by atoms with Crippen LogP contribution in [-0.4, -0.2) is 33.4 Å². The Hall–Kier alpha value is -3.94. The van der Waals surface area contributed by atoms with Gasteiger partial charge < -0.3 is 29.7 Å². The van der Waals surface area contributed by atoms with Crippen LogP contribution in [0.15, 0.2) is 46.0 Å². The van der Waals surface area contributed by atoms with Crippen LogP contribution in [0.2, 0.25) is 0 Å². The van der Waals surface area contributed by atoms with Crippen LogP contribution in [-0.2, 0) is 0 Å². The lowest BCUT2D eigenvalue weighted by molar-refractivity contribution is 0.318. The van der Waals surface area contributed by atoms with Gasteiger partial charge in [-0.1, -0.05) is 12.1 Å². The van der Waals surface area contributed by atoms with Crippen LogP contribution in [0.5, 0.6) is 23.0 Å². The highest BCUT2D eigenvalue weighted by molar-refractivity contribution is 5.56. The summed E-state index contributed by atoms with van der Waals surface area (Å²) in [6.07, 6.45) is 2.97. The van der Waals surface area contributed by atoms with Crippen molar-refractivity contribution in [2.75, 3.05) is 13.2 Å². The Labute approximate surface area is 171 Å². The average molecular weight is 410 g/mol. The summed E-state index contributed by atoms with van der Waals surface area (Å²) in [5.41, 5.74) is 0.175. The second-order valence-electron chi connectivity index (χ2n) is 6.34. The largest absolute Gasteiger partial charge is 0.504 e. The van der Waals surface area contributed by atoms with E-state index in [1.165, 1.54) is 24.3 Å². The van der Waals surface area contributed by atoms with E-state index in [9.17, 15) is 19.8 Å². The van der Waals surface area contributed by atoms with E-state index in [0.29, 0.717) is 24.3 Å². The van der Waals surface area contributed by atoms with Gasteiger partial charge in [-0.05, 0) is 61.4 Å². The molecule has 0 spiro atoms. The molecule has 30 heavy (non-hydrogen) atoms. The van der Waals surface area contributed by atoms with Crippen molar-refractivity contribution in [2.45, 2.75) is 13.8 Å².